The van der Waals surface area contributed by atoms with Gasteiger partial charge in [0, 0.05) is 32.2 Å². The number of benzene rings is 1. The molecule has 1 aromatic rings. The van der Waals surface area contributed by atoms with Crippen LogP contribution >= 0.6 is 0 Å². The predicted octanol–water partition coefficient (Wildman–Crippen LogP) is 3.67. The Morgan fingerprint density at radius 1 is 1.08 bits per heavy atom. The lowest BCUT2D eigenvalue weighted by atomic mass is 10.0. The van der Waals surface area contributed by atoms with E-state index in [1.807, 2.05) is 17.0 Å². The van der Waals surface area contributed by atoms with Gasteiger partial charge in [-0.15, -0.1) is 0 Å². The summed E-state index contributed by atoms with van der Waals surface area (Å²) >= 11 is 0. The lowest BCUT2D eigenvalue weighted by molar-refractivity contribution is -0.133. The molecule has 3 rings (SSSR count). The molecule has 0 aromatic heterocycles. The molecule has 1 saturated carbocycles. The number of carbonyl (C=O) groups is 1. The topological polar surface area (TPSA) is 32.8 Å². The second-order valence-electron chi connectivity index (χ2n) is 7.68. The summed E-state index contributed by atoms with van der Waals surface area (Å²) in [5, 5.41) is 0. The molecule has 1 aromatic carbocycles. The van der Waals surface area contributed by atoms with Crippen molar-refractivity contribution in [3.63, 3.8) is 0 Å². The number of amides is 1. The highest BCUT2D eigenvalue weighted by Gasteiger charge is 2.27. The quantitative estimate of drug-likeness (QED) is 0.789. The van der Waals surface area contributed by atoms with E-state index in [1.165, 1.54) is 31.2 Å². The van der Waals surface area contributed by atoms with Crippen molar-refractivity contribution in [3.05, 3.63) is 29.8 Å². The summed E-state index contributed by atoms with van der Waals surface area (Å²) in [6, 6.07) is 8.98. The second kappa shape index (κ2) is 8.70. The molecule has 0 atom stereocenters. The number of nitrogens with zero attached hydrogens (tertiary/aromatic N) is 2. The molecule has 4 nitrogen and oxygen atoms in total. The molecule has 0 unspecified atom stereocenters. The van der Waals surface area contributed by atoms with Crippen LogP contribution in [-0.4, -0.2) is 54.5 Å². The Morgan fingerprint density at radius 3 is 2.32 bits per heavy atom. The molecule has 1 saturated heterocycles. The fourth-order valence-electron chi connectivity index (χ4n) is 3.97. The van der Waals surface area contributed by atoms with Gasteiger partial charge in [0.15, 0.2) is 0 Å². The summed E-state index contributed by atoms with van der Waals surface area (Å²) in [6.07, 6.45) is 5.91. The molecule has 25 heavy (non-hydrogen) atoms. The van der Waals surface area contributed by atoms with Crippen LogP contribution < -0.4 is 4.74 Å². The highest BCUT2D eigenvalue weighted by molar-refractivity contribution is 5.76. The van der Waals surface area contributed by atoms with Crippen molar-refractivity contribution in [3.8, 4) is 5.75 Å². The smallest absolute Gasteiger partial charge is 0.226 e. The van der Waals surface area contributed by atoms with Crippen LogP contribution in [0, 0.1) is 0 Å². The Hall–Kier alpha value is -1.55. The first-order valence-corrected chi connectivity index (χ1v) is 9.88. The van der Waals surface area contributed by atoms with Crippen LogP contribution in [0.15, 0.2) is 24.3 Å². The fraction of sp³-hybridized carbons (Fsp3) is 0.667. The fourth-order valence-corrected chi connectivity index (χ4v) is 3.97. The number of ether oxygens (including phenoxy) is 1. The third-order valence-corrected chi connectivity index (χ3v) is 5.64. The van der Waals surface area contributed by atoms with Gasteiger partial charge < -0.3 is 9.64 Å². The minimum Gasteiger partial charge on any atom is -0.493 e. The molecule has 0 N–H and O–H groups in total. The van der Waals surface area contributed by atoms with E-state index in [0.29, 0.717) is 18.9 Å². The Balaban J connectivity index is 1.36. The van der Waals surface area contributed by atoms with Gasteiger partial charge >= 0.3 is 0 Å². The Labute approximate surface area is 152 Å². The Bertz CT molecular complexity index is 542. The van der Waals surface area contributed by atoms with Gasteiger partial charge in [0.2, 0.25) is 5.91 Å². The zero-order valence-corrected chi connectivity index (χ0v) is 15.7. The van der Waals surface area contributed by atoms with Gasteiger partial charge in [-0.25, -0.2) is 0 Å². The van der Waals surface area contributed by atoms with Crippen LogP contribution in [0.5, 0.6) is 5.75 Å². The van der Waals surface area contributed by atoms with Gasteiger partial charge in [0.05, 0.1) is 13.0 Å². The molecule has 2 fully saturated rings. The third-order valence-electron chi connectivity index (χ3n) is 5.64. The Morgan fingerprint density at radius 2 is 1.72 bits per heavy atom. The van der Waals surface area contributed by atoms with Crippen molar-refractivity contribution in [1.82, 2.24) is 9.80 Å². The number of carbonyl (C=O) groups excluding carboxylic acids is 1. The van der Waals surface area contributed by atoms with Crippen LogP contribution in [0.2, 0.25) is 0 Å². The average molecular weight is 344 g/mol. The maximum absolute atomic E-state index is 12.4. The lowest BCUT2D eigenvalue weighted by Gasteiger charge is -2.38. The molecule has 1 heterocycles. The molecule has 2 aliphatic rings. The van der Waals surface area contributed by atoms with E-state index in [0.717, 1.165) is 38.0 Å². The average Bonchev–Trinajstić information content (AvgIpc) is 3.17. The van der Waals surface area contributed by atoms with Crippen LogP contribution in [0.4, 0.5) is 0 Å². The molecule has 0 radical (unpaired) electrons. The van der Waals surface area contributed by atoms with Crippen LogP contribution in [0.3, 0.4) is 0 Å². The zero-order chi connectivity index (χ0) is 17.6. The summed E-state index contributed by atoms with van der Waals surface area (Å²) < 4.78 is 5.75. The number of hydrogen-bond acceptors (Lipinski definition) is 3. The maximum Gasteiger partial charge on any atom is 0.226 e. The molecule has 4 heteroatoms. The number of rotatable bonds is 6. The van der Waals surface area contributed by atoms with Crippen molar-refractivity contribution in [2.45, 2.75) is 57.9 Å². The highest BCUT2D eigenvalue weighted by Crippen LogP contribution is 2.24. The van der Waals surface area contributed by atoms with Crippen molar-refractivity contribution < 1.29 is 9.53 Å². The first-order valence-electron chi connectivity index (χ1n) is 9.88. The summed E-state index contributed by atoms with van der Waals surface area (Å²) in [5.41, 5.74) is 1.31. The zero-order valence-electron chi connectivity index (χ0n) is 15.7. The first-order chi connectivity index (χ1) is 12.1. The second-order valence-corrected chi connectivity index (χ2v) is 7.68. The minimum absolute atomic E-state index is 0.227. The van der Waals surface area contributed by atoms with Crippen molar-refractivity contribution in [2.75, 3.05) is 32.8 Å². The molecule has 1 amide bonds. The maximum atomic E-state index is 12.4. The molecule has 138 valence electrons. The molecule has 1 aliphatic heterocycles. The first kappa shape index (κ1) is 18.2. The van der Waals surface area contributed by atoms with Gasteiger partial charge in [-0.2, -0.15) is 0 Å². The molecular formula is C21H32N2O2. The highest BCUT2D eigenvalue weighted by atomic mass is 16.5. The number of piperazine rings is 1. The van der Waals surface area contributed by atoms with Crippen molar-refractivity contribution >= 4 is 5.91 Å². The predicted molar refractivity (Wildman–Crippen MR) is 101 cm³/mol. The summed E-state index contributed by atoms with van der Waals surface area (Å²) in [5.74, 6) is 1.60. The van der Waals surface area contributed by atoms with E-state index >= 15 is 0 Å². The van der Waals surface area contributed by atoms with Crippen molar-refractivity contribution in [2.24, 2.45) is 0 Å². The molecular weight excluding hydrogens is 312 g/mol. The van der Waals surface area contributed by atoms with E-state index < -0.39 is 0 Å². The Kier molecular flexibility index (Phi) is 6.35. The van der Waals surface area contributed by atoms with Crippen molar-refractivity contribution in [1.29, 1.82) is 0 Å². The van der Waals surface area contributed by atoms with E-state index in [-0.39, 0.29) is 5.91 Å². The summed E-state index contributed by atoms with van der Waals surface area (Å²) in [4.78, 5) is 17.0. The van der Waals surface area contributed by atoms with E-state index in [9.17, 15) is 4.79 Å². The molecule has 1 aliphatic carbocycles. The summed E-state index contributed by atoms with van der Waals surface area (Å²) in [7, 11) is 0. The lowest BCUT2D eigenvalue weighted by Crippen LogP contribution is -2.51. The SMILES string of the molecule is CC(C)c1ccc(OCCC(=O)N2CCN(C3CCCC3)CC2)cc1. The monoisotopic (exact) mass is 344 g/mol. The van der Waals surface area contributed by atoms with Crippen LogP contribution in [0.1, 0.15) is 57.4 Å². The van der Waals surface area contributed by atoms with E-state index in [4.69, 9.17) is 4.74 Å². The van der Waals surface area contributed by atoms with Gasteiger partial charge in [-0.05, 0) is 36.5 Å². The number of hydrogen-bond donors (Lipinski definition) is 0. The van der Waals surface area contributed by atoms with Gasteiger partial charge in [0.1, 0.15) is 5.75 Å². The van der Waals surface area contributed by atoms with Gasteiger partial charge in [-0.3, -0.25) is 9.69 Å². The third kappa shape index (κ3) is 4.97. The standard InChI is InChI=1S/C21H32N2O2/c1-17(2)18-7-9-20(10-8-18)25-16-11-21(24)23-14-12-22(13-15-23)19-5-3-4-6-19/h7-10,17,19H,3-6,11-16H2,1-2H3. The van der Waals surface area contributed by atoms with E-state index in [2.05, 4.69) is 30.9 Å². The van der Waals surface area contributed by atoms with Gasteiger partial charge in [0.25, 0.3) is 0 Å². The van der Waals surface area contributed by atoms with Crippen LogP contribution in [0.25, 0.3) is 0 Å². The van der Waals surface area contributed by atoms with Crippen LogP contribution in [-0.2, 0) is 4.79 Å². The largest absolute Gasteiger partial charge is 0.493 e. The normalized spacial score (nSPS) is 19.6. The molecule has 0 bridgehead atoms. The molecule has 0 spiro atoms. The minimum atomic E-state index is 0.227. The van der Waals surface area contributed by atoms with E-state index in [1.54, 1.807) is 0 Å². The summed E-state index contributed by atoms with van der Waals surface area (Å²) in [6.45, 7) is 8.64. The van der Waals surface area contributed by atoms with Gasteiger partial charge in [-0.1, -0.05) is 38.8 Å².